The Morgan fingerprint density at radius 3 is 2.40 bits per heavy atom. The zero-order valence-electron chi connectivity index (χ0n) is 15.2. The third kappa shape index (κ3) is 4.23. The van der Waals surface area contributed by atoms with Crippen molar-refractivity contribution in [2.75, 3.05) is 12.4 Å². The molecule has 2 aromatic carbocycles. The highest BCUT2D eigenvalue weighted by atomic mass is 35.5. The minimum absolute atomic E-state index is 0.156. The quantitative estimate of drug-likeness (QED) is 0.651. The predicted octanol–water partition coefficient (Wildman–Crippen LogP) is 3.46. The van der Waals surface area contributed by atoms with E-state index < -0.39 is 34.5 Å². The number of amides is 1. The standard InChI is InChI=1S/C19H13ClF3N3O4/c1-30-12-5-3-11(4-6-12)26-17(28)13(9-24-18(26)29)16(27)25-15-8-10(19(21,22)23)2-7-14(15)20/h2-9H,1H3,(H,24,29)(H,25,27). The molecule has 0 spiro atoms. The average molecular weight is 440 g/mol. The van der Waals surface area contributed by atoms with Crippen molar-refractivity contribution in [3.05, 3.63) is 85.6 Å². The maximum absolute atomic E-state index is 12.9. The molecule has 1 amide bonds. The maximum atomic E-state index is 12.9. The van der Waals surface area contributed by atoms with Gasteiger partial charge in [0, 0.05) is 6.20 Å². The third-order valence-corrected chi connectivity index (χ3v) is 4.42. The van der Waals surface area contributed by atoms with E-state index in [9.17, 15) is 27.6 Å². The van der Waals surface area contributed by atoms with Crippen LogP contribution in [0.3, 0.4) is 0 Å². The van der Waals surface area contributed by atoms with Crippen molar-refractivity contribution in [1.82, 2.24) is 9.55 Å². The van der Waals surface area contributed by atoms with Crippen molar-refractivity contribution in [1.29, 1.82) is 0 Å². The van der Waals surface area contributed by atoms with E-state index in [1.165, 1.54) is 31.4 Å². The molecule has 0 unspecified atom stereocenters. The van der Waals surface area contributed by atoms with E-state index in [2.05, 4.69) is 10.3 Å². The van der Waals surface area contributed by atoms with Crippen molar-refractivity contribution < 1.29 is 22.7 Å². The van der Waals surface area contributed by atoms with Gasteiger partial charge < -0.3 is 15.0 Å². The Morgan fingerprint density at radius 1 is 1.13 bits per heavy atom. The van der Waals surface area contributed by atoms with Gasteiger partial charge >= 0.3 is 11.9 Å². The van der Waals surface area contributed by atoms with Crippen LogP contribution in [-0.2, 0) is 6.18 Å². The van der Waals surface area contributed by atoms with Crippen molar-refractivity contribution >= 4 is 23.2 Å². The molecule has 2 N–H and O–H groups in total. The number of carbonyl (C=O) groups excluding carboxylic acids is 1. The lowest BCUT2D eigenvalue weighted by atomic mass is 10.2. The van der Waals surface area contributed by atoms with Crippen LogP contribution in [0.15, 0.2) is 58.3 Å². The Hall–Kier alpha value is -3.53. The highest BCUT2D eigenvalue weighted by molar-refractivity contribution is 6.34. The number of aromatic amines is 1. The number of halogens is 4. The summed E-state index contributed by atoms with van der Waals surface area (Å²) in [4.78, 5) is 39.7. The number of hydrogen-bond donors (Lipinski definition) is 2. The van der Waals surface area contributed by atoms with Crippen LogP contribution in [0, 0.1) is 0 Å². The second kappa shape index (κ2) is 8.07. The fourth-order valence-corrected chi connectivity index (χ4v) is 2.75. The number of H-pyrrole nitrogens is 1. The number of ether oxygens (including phenoxy) is 1. The first-order chi connectivity index (χ1) is 14.1. The monoisotopic (exact) mass is 439 g/mol. The molecular weight excluding hydrogens is 427 g/mol. The normalized spacial score (nSPS) is 11.2. The molecule has 7 nitrogen and oxygen atoms in total. The van der Waals surface area contributed by atoms with Crippen LogP contribution < -0.4 is 21.3 Å². The Bertz CT molecular complexity index is 1220. The van der Waals surface area contributed by atoms with Crippen molar-refractivity contribution in [2.24, 2.45) is 0 Å². The molecule has 1 aromatic heterocycles. The summed E-state index contributed by atoms with van der Waals surface area (Å²) in [7, 11) is 1.44. The summed E-state index contributed by atoms with van der Waals surface area (Å²) in [5.74, 6) is -0.559. The van der Waals surface area contributed by atoms with Gasteiger partial charge in [-0.3, -0.25) is 9.59 Å². The molecule has 0 bridgehead atoms. The predicted molar refractivity (Wildman–Crippen MR) is 104 cm³/mol. The molecule has 30 heavy (non-hydrogen) atoms. The fraction of sp³-hybridized carbons (Fsp3) is 0.105. The van der Waals surface area contributed by atoms with Gasteiger partial charge in [-0.15, -0.1) is 0 Å². The Balaban J connectivity index is 2.00. The van der Waals surface area contributed by atoms with Crippen LogP contribution in [0.2, 0.25) is 5.02 Å². The zero-order chi connectivity index (χ0) is 22.1. The molecule has 0 radical (unpaired) electrons. The van der Waals surface area contributed by atoms with Crippen LogP contribution in [0.25, 0.3) is 5.69 Å². The second-order valence-corrected chi connectivity index (χ2v) is 6.40. The van der Waals surface area contributed by atoms with Crippen molar-refractivity contribution in [2.45, 2.75) is 6.18 Å². The molecule has 1 heterocycles. The molecule has 0 atom stereocenters. The van der Waals surface area contributed by atoms with E-state index in [4.69, 9.17) is 16.3 Å². The number of nitrogens with one attached hydrogen (secondary N) is 2. The zero-order valence-corrected chi connectivity index (χ0v) is 16.0. The number of aromatic nitrogens is 2. The van der Waals surface area contributed by atoms with Crippen molar-refractivity contribution in [3.63, 3.8) is 0 Å². The number of carbonyl (C=O) groups is 1. The molecule has 0 aliphatic rings. The molecule has 0 saturated heterocycles. The molecule has 0 fully saturated rings. The van der Waals surface area contributed by atoms with Crippen molar-refractivity contribution in [3.8, 4) is 11.4 Å². The number of alkyl halides is 3. The third-order valence-electron chi connectivity index (χ3n) is 4.09. The summed E-state index contributed by atoms with van der Waals surface area (Å²) < 4.78 is 44.4. The van der Waals surface area contributed by atoms with E-state index in [0.29, 0.717) is 16.4 Å². The first-order valence-electron chi connectivity index (χ1n) is 8.29. The van der Waals surface area contributed by atoms with E-state index >= 15 is 0 Å². The van der Waals surface area contributed by atoms with Gasteiger partial charge in [0.1, 0.15) is 11.3 Å². The first kappa shape index (κ1) is 21.2. The summed E-state index contributed by atoms with van der Waals surface area (Å²) in [6, 6.07) is 8.26. The highest BCUT2D eigenvalue weighted by Gasteiger charge is 2.31. The Morgan fingerprint density at radius 2 is 1.80 bits per heavy atom. The molecule has 3 rings (SSSR count). The molecule has 11 heteroatoms. The maximum Gasteiger partial charge on any atom is 0.416 e. The SMILES string of the molecule is COc1ccc(-n2c(=O)[nH]cc(C(=O)Nc3cc(C(F)(F)F)ccc3Cl)c2=O)cc1. The number of anilines is 1. The summed E-state index contributed by atoms with van der Waals surface area (Å²) in [5.41, 5.74) is -3.48. The van der Waals surface area contributed by atoms with Crippen LogP contribution in [0.4, 0.5) is 18.9 Å². The molecule has 0 aliphatic heterocycles. The summed E-state index contributed by atoms with van der Waals surface area (Å²) in [6.07, 6.45) is -3.77. The topological polar surface area (TPSA) is 93.2 Å². The van der Waals surface area contributed by atoms with E-state index in [1.54, 1.807) is 0 Å². The number of methoxy groups -OCH3 is 1. The molecule has 0 aliphatic carbocycles. The van der Waals surface area contributed by atoms with Gasteiger partial charge in [-0.05, 0) is 42.5 Å². The largest absolute Gasteiger partial charge is 0.497 e. The van der Waals surface area contributed by atoms with Crippen LogP contribution in [0.1, 0.15) is 15.9 Å². The number of benzene rings is 2. The number of rotatable bonds is 4. The summed E-state index contributed by atoms with van der Waals surface area (Å²) in [6.45, 7) is 0. The highest BCUT2D eigenvalue weighted by Crippen LogP contribution is 2.33. The lowest BCUT2D eigenvalue weighted by Crippen LogP contribution is -2.38. The average Bonchev–Trinajstić information content (AvgIpc) is 2.69. The van der Waals surface area contributed by atoms with Crippen LogP contribution >= 0.6 is 11.6 Å². The van der Waals surface area contributed by atoms with E-state index in [1.807, 2.05) is 0 Å². The minimum Gasteiger partial charge on any atom is -0.497 e. The van der Waals surface area contributed by atoms with Gasteiger partial charge in [0.05, 0.1) is 29.1 Å². The van der Waals surface area contributed by atoms with Gasteiger partial charge in [-0.25, -0.2) is 9.36 Å². The molecule has 0 saturated carbocycles. The molecular formula is C19H13ClF3N3O4. The lowest BCUT2D eigenvalue weighted by molar-refractivity contribution is -0.137. The van der Waals surface area contributed by atoms with Crippen LogP contribution in [0.5, 0.6) is 5.75 Å². The minimum atomic E-state index is -4.65. The van der Waals surface area contributed by atoms with Gasteiger partial charge in [0.25, 0.3) is 11.5 Å². The second-order valence-electron chi connectivity index (χ2n) is 5.99. The summed E-state index contributed by atoms with van der Waals surface area (Å²) in [5, 5.41) is 2.01. The van der Waals surface area contributed by atoms with E-state index in [0.717, 1.165) is 18.3 Å². The van der Waals surface area contributed by atoms with Gasteiger partial charge in [0.15, 0.2) is 0 Å². The Labute approximate surface area is 171 Å². The molecule has 156 valence electrons. The van der Waals surface area contributed by atoms with Gasteiger partial charge in [-0.1, -0.05) is 11.6 Å². The van der Waals surface area contributed by atoms with E-state index in [-0.39, 0.29) is 16.4 Å². The first-order valence-corrected chi connectivity index (χ1v) is 8.67. The number of nitrogens with zero attached hydrogens (tertiary/aromatic N) is 1. The van der Waals surface area contributed by atoms with Crippen LogP contribution in [-0.4, -0.2) is 22.6 Å². The van der Waals surface area contributed by atoms with Gasteiger partial charge in [0.2, 0.25) is 0 Å². The fourth-order valence-electron chi connectivity index (χ4n) is 2.59. The number of hydrogen-bond acceptors (Lipinski definition) is 4. The Kier molecular flexibility index (Phi) is 5.70. The van der Waals surface area contributed by atoms with Gasteiger partial charge in [-0.2, -0.15) is 13.2 Å². The summed E-state index contributed by atoms with van der Waals surface area (Å²) >= 11 is 5.86. The molecule has 3 aromatic rings. The lowest BCUT2D eigenvalue weighted by Gasteiger charge is -2.12. The smallest absolute Gasteiger partial charge is 0.416 e.